The monoisotopic (exact) mass is 307 g/mol. The zero-order valence-electron chi connectivity index (χ0n) is 12.5. The summed E-state index contributed by atoms with van der Waals surface area (Å²) in [6.07, 6.45) is 3.98. The number of aromatic nitrogens is 4. The van der Waals surface area contributed by atoms with Gasteiger partial charge in [0.1, 0.15) is 17.9 Å². The van der Waals surface area contributed by atoms with Gasteiger partial charge in [-0.2, -0.15) is 0 Å². The summed E-state index contributed by atoms with van der Waals surface area (Å²) in [5.74, 6) is 0.184. The lowest BCUT2D eigenvalue weighted by molar-refractivity contribution is -0.0493. The summed E-state index contributed by atoms with van der Waals surface area (Å²) in [4.78, 5) is 12.3. The Morgan fingerprint density at radius 3 is 2.91 bits per heavy atom. The molecule has 0 unspecified atom stereocenters. The molecule has 1 saturated heterocycles. The van der Waals surface area contributed by atoms with E-state index in [1.807, 2.05) is 0 Å². The Kier molecular flexibility index (Phi) is 4.23. The van der Waals surface area contributed by atoms with Crippen molar-refractivity contribution in [3.05, 3.63) is 12.7 Å². The number of imidazole rings is 1. The van der Waals surface area contributed by atoms with Crippen molar-refractivity contribution in [1.29, 1.82) is 0 Å². The van der Waals surface area contributed by atoms with Crippen LogP contribution in [-0.4, -0.2) is 48.5 Å². The molecule has 1 aliphatic rings. The van der Waals surface area contributed by atoms with Crippen molar-refractivity contribution >= 4 is 17.0 Å². The zero-order valence-corrected chi connectivity index (χ0v) is 12.5. The second kappa shape index (κ2) is 6.15. The molecule has 0 aliphatic carbocycles. The van der Waals surface area contributed by atoms with Crippen LogP contribution in [0.15, 0.2) is 12.7 Å². The lowest BCUT2D eigenvalue weighted by Gasteiger charge is -2.19. The molecule has 0 amide bonds. The number of unbranched alkanes of at least 4 members (excludes halogenated alkanes) is 1. The summed E-state index contributed by atoms with van der Waals surface area (Å²) in [5, 5.41) is 20.1. The standard InChI is InChI=1S/C14H21N5O3/c1-2-3-4-8-9(5-20)22-14(11(8)21)19-7-18-10-12(15)16-6-17-13(10)19/h6-9,11,14,20-21H,2-5H2,1H3,(H2,15,16,17)/t8-,9-,11-,14-/m1/s1. The second-order valence-electron chi connectivity index (χ2n) is 5.63. The van der Waals surface area contributed by atoms with Crippen LogP contribution in [0.5, 0.6) is 0 Å². The fourth-order valence-corrected chi connectivity index (χ4v) is 3.05. The Morgan fingerprint density at radius 2 is 2.18 bits per heavy atom. The quantitative estimate of drug-likeness (QED) is 0.734. The Balaban J connectivity index is 1.92. The number of aliphatic hydroxyl groups excluding tert-OH is 2. The number of hydrogen-bond acceptors (Lipinski definition) is 7. The van der Waals surface area contributed by atoms with E-state index >= 15 is 0 Å². The highest BCUT2D eigenvalue weighted by molar-refractivity contribution is 5.81. The van der Waals surface area contributed by atoms with Gasteiger partial charge in [-0.1, -0.05) is 19.8 Å². The molecule has 8 nitrogen and oxygen atoms in total. The van der Waals surface area contributed by atoms with E-state index in [1.54, 1.807) is 10.9 Å². The van der Waals surface area contributed by atoms with Crippen LogP contribution in [0, 0.1) is 5.92 Å². The van der Waals surface area contributed by atoms with Gasteiger partial charge in [-0.05, 0) is 6.42 Å². The molecule has 0 aromatic carbocycles. The third-order valence-electron chi connectivity index (χ3n) is 4.25. The first-order valence-corrected chi connectivity index (χ1v) is 7.54. The van der Waals surface area contributed by atoms with Crippen LogP contribution in [-0.2, 0) is 4.74 Å². The first-order chi connectivity index (χ1) is 10.7. The normalized spacial score (nSPS) is 28.5. The number of nitrogens with two attached hydrogens (primary N) is 1. The van der Waals surface area contributed by atoms with Crippen molar-refractivity contribution in [2.75, 3.05) is 12.3 Å². The molecular weight excluding hydrogens is 286 g/mol. The van der Waals surface area contributed by atoms with Gasteiger partial charge in [0.2, 0.25) is 0 Å². The van der Waals surface area contributed by atoms with Crippen LogP contribution < -0.4 is 5.73 Å². The van der Waals surface area contributed by atoms with Crippen LogP contribution in [0.2, 0.25) is 0 Å². The lowest BCUT2D eigenvalue weighted by Crippen LogP contribution is -2.28. The molecule has 2 aromatic rings. The van der Waals surface area contributed by atoms with Crippen LogP contribution in [0.4, 0.5) is 5.82 Å². The summed E-state index contributed by atoms with van der Waals surface area (Å²) < 4.78 is 7.51. The molecule has 22 heavy (non-hydrogen) atoms. The Bertz CT molecular complexity index is 646. The molecule has 0 bridgehead atoms. The fourth-order valence-electron chi connectivity index (χ4n) is 3.05. The van der Waals surface area contributed by atoms with Gasteiger partial charge in [0.05, 0.1) is 19.0 Å². The minimum atomic E-state index is -0.725. The second-order valence-corrected chi connectivity index (χ2v) is 5.63. The van der Waals surface area contributed by atoms with Gasteiger partial charge < -0.3 is 20.7 Å². The maximum atomic E-state index is 10.6. The third-order valence-corrected chi connectivity index (χ3v) is 4.25. The van der Waals surface area contributed by atoms with Crippen molar-refractivity contribution in [3.63, 3.8) is 0 Å². The average Bonchev–Trinajstić information content (AvgIpc) is 3.07. The summed E-state index contributed by atoms with van der Waals surface area (Å²) >= 11 is 0. The van der Waals surface area contributed by atoms with Crippen LogP contribution in [0.1, 0.15) is 32.4 Å². The van der Waals surface area contributed by atoms with Crippen LogP contribution in [0.25, 0.3) is 11.2 Å². The molecule has 0 saturated carbocycles. The van der Waals surface area contributed by atoms with E-state index in [9.17, 15) is 10.2 Å². The predicted molar refractivity (Wildman–Crippen MR) is 79.8 cm³/mol. The zero-order chi connectivity index (χ0) is 15.7. The molecule has 3 heterocycles. The molecule has 2 aromatic heterocycles. The molecule has 120 valence electrons. The van der Waals surface area contributed by atoms with E-state index < -0.39 is 12.3 Å². The number of fused-ring (bicyclic) bond motifs is 1. The van der Waals surface area contributed by atoms with Crippen LogP contribution >= 0.6 is 0 Å². The van der Waals surface area contributed by atoms with Gasteiger partial charge in [-0.25, -0.2) is 15.0 Å². The molecule has 1 aliphatic heterocycles. The first kappa shape index (κ1) is 15.1. The maximum absolute atomic E-state index is 10.6. The largest absolute Gasteiger partial charge is 0.394 e. The minimum Gasteiger partial charge on any atom is -0.394 e. The van der Waals surface area contributed by atoms with Gasteiger partial charge in [-0.15, -0.1) is 0 Å². The molecule has 4 atom stereocenters. The van der Waals surface area contributed by atoms with E-state index in [0.717, 1.165) is 19.3 Å². The van der Waals surface area contributed by atoms with Gasteiger partial charge in [0.25, 0.3) is 0 Å². The molecular formula is C14H21N5O3. The Labute approximate surface area is 128 Å². The molecule has 0 radical (unpaired) electrons. The highest BCUT2D eigenvalue weighted by Crippen LogP contribution is 2.38. The van der Waals surface area contributed by atoms with Crippen LogP contribution in [0.3, 0.4) is 0 Å². The highest BCUT2D eigenvalue weighted by atomic mass is 16.5. The molecule has 8 heteroatoms. The smallest absolute Gasteiger partial charge is 0.167 e. The SMILES string of the molecule is CCCC[C@H]1[C@@H](O)[C@H](n2cnc3c(N)ncnc32)O[C@@H]1CO. The molecule has 3 rings (SSSR count). The lowest BCUT2D eigenvalue weighted by atomic mass is 9.92. The van der Waals surface area contributed by atoms with Crippen molar-refractivity contribution in [2.24, 2.45) is 5.92 Å². The van der Waals surface area contributed by atoms with Gasteiger partial charge in [0, 0.05) is 5.92 Å². The van der Waals surface area contributed by atoms with Gasteiger partial charge in [-0.3, -0.25) is 4.57 Å². The minimum absolute atomic E-state index is 0.105. The summed E-state index contributed by atoms with van der Waals surface area (Å²) in [5.41, 5.74) is 6.78. The third kappa shape index (κ3) is 2.43. The summed E-state index contributed by atoms with van der Waals surface area (Å²) in [6.45, 7) is 1.97. The van der Waals surface area contributed by atoms with Crippen molar-refractivity contribution in [3.8, 4) is 0 Å². The van der Waals surface area contributed by atoms with E-state index in [4.69, 9.17) is 10.5 Å². The van der Waals surface area contributed by atoms with E-state index in [0.29, 0.717) is 11.2 Å². The number of hydrogen-bond donors (Lipinski definition) is 3. The highest BCUT2D eigenvalue weighted by Gasteiger charge is 2.44. The van der Waals surface area contributed by atoms with E-state index in [1.165, 1.54) is 6.33 Å². The molecule has 1 fully saturated rings. The fraction of sp³-hybridized carbons (Fsp3) is 0.643. The number of anilines is 1. The predicted octanol–water partition coefficient (Wildman–Crippen LogP) is 0.466. The first-order valence-electron chi connectivity index (χ1n) is 7.54. The average molecular weight is 307 g/mol. The van der Waals surface area contributed by atoms with Gasteiger partial charge in [0.15, 0.2) is 17.7 Å². The number of nitrogen functional groups attached to an aromatic ring is 1. The number of aliphatic hydroxyl groups is 2. The number of ether oxygens (including phenoxy) is 1. The summed E-state index contributed by atoms with van der Waals surface area (Å²) in [6, 6.07) is 0. The molecule has 4 N–H and O–H groups in total. The Morgan fingerprint density at radius 1 is 1.36 bits per heavy atom. The van der Waals surface area contributed by atoms with Crippen molar-refractivity contribution in [2.45, 2.75) is 44.6 Å². The number of rotatable bonds is 5. The maximum Gasteiger partial charge on any atom is 0.167 e. The Hall–Kier alpha value is -1.77. The van der Waals surface area contributed by atoms with E-state index in [2.05, 4.69) is 21.9 Å². The summed E-state index contributed by atoms with van der Waals surface area (Å²) in [7, 11) is 0. The topological polar surface area (TPSA) is 119 Å². The number of nitrogens with zero attached hydrogens (tertiary/aromatic N) is 4. The van der Waals surface area contributed by atoms with Crippen molar-refractivity contribution < 1.29 is 14.9 Å². The molecule has 0 spiro atoms. The van der Waals surface area contributed by atoms with Gasteiger partial charge >= 0.3 is 0 Å². The van der Waals surface area contributed by atoms with E-state index in [-0.39, 0.29) is 24.4 Å². The van der Waals surface area contributed by atoms with Crippen molar-refractivity contribution in [1.82, 2.24) is 19.5 Å².